The van der Waals surface area contributed by atoms with E-state index in [9.17, 15) is 14.7 Å². The standard InChI is InChI=1S/C22H18N2O5/c1-13-12-17(23-29-13)24-19(14-6-4-3-5-7-14)18(21(26)22(24)27)20(25)15-8-10-16(28-2)11-9-15/h3-12,19,25H,1-2H3/t19-/m0/s1. The summed E-state index contributed by atoms with van der Waals surface area (Å²) in [4.78, 5) is 27.1. The highest BCUT2D eigenvalue weighted by Gasteiger charge is 2.48. The van der Waals surface area contributed by atoms with Crippen LogP contribution in [0.4, 0.5) is 5.82 Å². The van der Waals surface area contributed by atoms with Gasteiger partial charge in [-0.25, -0.2) is 0 Å². The summed E-state index contributed by atoms with van der Waals surface area (Å²) in [5.74, 6) is -0.492. The van der Waals surface area contributed by atoms with Crippen molar-refractivity contribution in [3.8, 4) is 5.75 Å². The number of ketones is 1. The van der Waals surface area contributed by atoms with Crippen molar-refractivity contribution in [1.82, 2.24) is 5.16 Å². The molecule has 2 heterocycles. The smallest absolute Gasteiger partial charge is 0.301 e. The molecular weight excluding hydrogens is 372 g/mol. The Morgan fingerprint density at radius 2 is 1.79 bits per heavy atom. The van der Waals surface area contributed by atoms with Crippen LogP contribution in [0.25, 0.3) is 5.76 Å². The Kier molecular flexibility index (Phi) is 4.64. The van der Waals surface area contributed by atoms with E-state index in [1.165, 1.54) is 12.0 Å². The van der Waals surface area contributed by atoms with Gasteiger partial charge in [0.15, 0.2) is 5.82 Å². The Labute approximate surface area is 166 Å². The predicted octanol–water partition coefficient (Wildman–Crippen LogP) is 3.62. The number of hydrogen-bond acceptors (Lipinski definition) is 6. The van der Waals surface area contributed by atoms with E-state index in [2.05, 4.69) is 5.16 Å². The Balaban J connectivity index is 1.90. The average molecular weight is 390 g/mol. The van der Waals surface area contributed by atoms with Crippen LogP contribution in [-0.4, -0.2) is 29.1 Å². The van der Waals surface area contributed by atoms with Crippen molar-refractivity contribution in [2.45, 2.75) is 13.0 Å². The minimum atomic E-state index is -0.831. The molecule has 0 bridgehead atoms. The van der Waals surface area contributed by atoms with Gasteiger partial charge in [0.2, 0.25) is 0 Å². The number of aromatic nitrogens is 1. The quantitative estimate of drug-likeness (QED) is 0.416. The SMILES string of the molecule is COc1ccc(C(O)=C2C(=O)C(=O)N(c3cc(C)on3)[C@H]2c2ccccc2)cc1. The van der Waals surface area contributed by atoms with Crippen LogP contribution in [0, 0.1) is 6.92 Å². The third kappa shape index (κ3) is 3.16. The Hall–Kier alpha value is -3.87. The summed E-state index contributed by atoms with van der Waals surface area (Å²) in [6, 6.07) is 16.4. The number of ether oxygens (including phenoxy) is 1. The highest BCUT2D eigenvalue weighted by molar-refractivity contribution is 6.51. The van der Waals surface area contributed by atoms with Gasteiger partial charge in [-0.1, -0.05) is 35.5 Å². The van der Waals surface area contributed by atoms with Gasteiger partial charge in [0.1, 0.15) is 17.3 Å². The molecule has 4 rings (SSSR count). The first kappa shape index (κ1) is 18.5. The van der Waals surface area contributed by atoms with Gasteiger partial charge < -0.3 is 14.4 Å². The van der Waals surface area contributed by atoms with E-state index in [4.69, 9.17) is 9.26 Å². The highest BCUT2D eigenvalue weighted by atomic mass is 16.5. The van der Waals surface area contributed by atoms with Crippen molar-refractivity contribution < 1.29 is 24.0 Å². The molecule has 1 saturated heterocycles. The lowest BCUT2D eigenvalue weighted by Gasteiger charge is -2.22. The minimum Gasteiger partial charge on any atom is -0.507 e. The van der Waals surface area contributed by atoms with Crippen molar-refractivity contribution in [3.05, 3.63) is 83.1 Å². The van der Waals surface area contributed by atoms with E-state index in [0.717, 1.165) is 0 Å². The van der Waals surface area contributed by atoms with Crippen LogP contribution >= 0.6 is 0 Å². The summed E-state index contributed by atoms with van der Waals surface area (Å²) < 4.78 is 10.2. The van der Waals surface area contributed by atoms with E-state index >= 15 is 0 Å². The van der Waals surface area contributed by atoms with Gasteiger partial charge in [0, 0.05) is 11.6 Å². The number of benzene rings is 2. The van der Waals surface area contributed by atoms with Crippen LogP contribution in [0.2, 0.25) is 0 Å². The van der Waals surface area contributed by atoms with Gasteiger partial charge in [-0.2, -0.15) is 0 Å². The first-order chi connectivity index (χ1) is 14.0. The maximum Gasteiger partial charge on any atom is 0.301 e. The van der Waals surface area contributed by atoms with Gasteiger partial charge in [-0.15, -0.1) is 0 Å². The summed E-state index contributed by atoms with van der Waals surface area (Å²) in [6.45, 7) is 1.70. The zero-order valence-electron chi connectivity index (χ0n) is 15.8. The maximum absolute atomic E-state index is 12.9. The lowest BCUT2D eigenvalue weighted by atomic mass is 9.95. The molecule has 1 fully saturated rings. The molecule has 7 heteroatoms. The predicted molar refractivity (Wildman–Crippen MR) is 105 cm³/mol. The van der Waals surface area contributed by atoms with Gasteiger partial charge in [0.25, 0.3) is 5.78 Å². The molecule has 0 unspecified atom stereocenters. The molecule has 1 aliphatic rings. The zero-order valence-corrected chi connectivity index (χ0v) is 15.8. The molecule has 1 atom stereocenters. The number of aliphatic hydroxyl groups is 1. The molecule has 0 aliphatic carbocycles. The lowest BCUT2D eigenvalue weighted by Crippen LogP contribution is -2.29. The monoisotopic (exact) mass is 390 g/mol. The summed E-state index contributed by atoms with van der Waals surface area (Å²) in [5, 5.41) is 14.9. The van der Waals surface area contributed by atoms with Crippen LogP contribution in [-0.2, 0) is 9.59 Å². The van der Waals surface area contributed by atoms with Gasteiger partial charge in [-0.05, 0) is 36.8 Å². The van der Waals surface area contributed by atoms with Crippen molar-refractivity contribution in [3.63, 3.8) is 0 Å². The first-order valence-electron chi connectivity index (χ1n) is 8.95. The molecule has 146 valence electrons. The van der Waals surface area contributed by atoms with E-state index in [1.54, 1.807) is 61.5 Å². The fraction of sp³-hybridized carbons (Fsp3) is 0.136. The fourth-order valence-electron chi connectivity index (χ4n) is 3.39. The number of anilines is 1. The van der Waals surface area contributed by atoms with Gasteiger partial charge >= 0.3 is 5.91 Å². The Morgan fingerprint density at radius 3 is 2.38 bits per heavy atom. The molecule has 1 aromatic heterocycles. The molecule has 1 N–H and O–H groups in total. The second-order valence-electron chi connectivity index (χ2n) is 6.60. The minimum absolute atomic E-state index is 0.00739. The van der Waals surface area contributed by atoms with Crippen LogP contribution in [0.1, 0.15) is 22.9 Å². The number of carbonyl (C=O) groups excluding carboxylic acids is 2. The second kappa shape index (κ2) is 7.27. The summed E-state index contributed by atoms with van der Waals surface area (Å²) >= 11 is 0. The van der Waals surface area contributed by atoms with Crippen LogP contribution in [0.3, 0.4) is 0 Å². The molecule has 2 aromatic carbocycles. The largest absolute Gasteiger partial charge is 0.507 e. The Morgan fingerprint density at radius 1 is 1.10 bits per heavy atom. The number of nitrogens with zero attached hydrogens (tertiary/aromatic N) is 2. The third-order valence-electron chi connectivity index (χ3n) is 4.79. The Bertz CT molecular complexity index is 1100. The van der Waals surface area contributed by atoms with Crippen molar-refractivity contribution in [1.29, 1.82) is 0 Å². The number of aryl methyl sites for hydroxylation is 1. The normalized spacial score (nSPS) is 18.3. The number of hydrogen-bond donors (Lipinski definition) is 1. The number of rotatable bonds is 4. The van der Waals surface area contributed by atoms with Crippen LogP contribution < -0.4 is 9.64 Å². The zero-order chi connectivity index (χ0) is 20.5. The molecule has 0 saturated carbocycles. The molecule has 3 aromatic rings. The molecule has 29 heavy (non-hydrogen) atoms. The summed E-state index contributed by atoms with van der Waals surface area (Å²) in [6.07, 6.45) is 0. The number of carbonyl (C=O) groups is 2. The van der Waals surface area contributed by atoms with E-state index in [-0.39, 0.29) is 17.2 Å². The number of Topliss-reactive ketones (excluding diaryl/α,β-unsaturated/α-hetero) is 1. The summed E-state index contributed by atoms with van der Waals surface area (Å²) in [7, 11) is 1.54. The number of amides is 1. The third-order valence-corrected chi connectivity index (χ3v) is 4.79. The summed E-state index contributed by atoms with van der Waals surface area (Å²) in [5.41, 5.74) is 1.07. The van der Waals surface area contributed by atoms with E-state index < -0.39 is 17.7 Å². The van der Waals surface area contributed by atoms with E-state index in [0.29, 0.717) is 22.6 Å². The second-order valence-corrected chi connectivity index (χ2v) is 6.60. The molecule has 0 spiro atoms. The average Bonchev–Trinajstić information content (AvgIpc) is 3.29. The van der Waals surface area contributed by atoms with E-state index in [1.807, 2.05) is 6.07 Å². The fourth-order valence-corrected chi connectivity index (χ4v) is 3.39. The van der Waals surface area contributed by atoms with Crippen molar-refractivity contribution in [2.24, 2.45) is 0 Å². The first-order valence-corrected chi connectivity index (χ1v) is 8.95. The van der Waals surface area contributed by atoms with Crippen LogP contribution in [0.5, 0.6) is 5.75 Å². The van der Waals surface area contributed by atoms with Crippen molar-refractivity contribution in [2.75, 3.05) is 12.0 Å². The van der Waals surface area contributed by atoms with Gasteiger partial charge in [0.05, 0.1) is 18.7 Å². The molecule has 7 nitrogen and oxygen atoms in total. The molecule has 1 amide bonds. The number of methoxy groups -OCH3 is 1. The maximum atomic E-state index is 12.9. The molecule has 1 aliphatic heterocycles. The van der Waals surface area contributed by atoms with Crippen LogP contribution in [0.15, 0.2) is 70.8 Å². The molecular formula is C22H18N2O5. The topological polar surface area (TPSA) is 92.9 Å². The highest BCUT2D eigenvalue weighted by Crippen LogP contribution is 2.41. The number of aliphatic hydroxyl groups excluding tert-OH is 1. The van der Waals surface area contributed by atoms with Crippen molar-refractivity contribution >= 4 is 23.3 Å². The molecule has 0 radical (unpaired) electrons. The van der Waals surface area contributed by atoms with Gasteiger partial charge in [-0.3, -0.25) is 14.5 Å². The lowest BCUT2D eigenvalue weighted by molar-refractivity contribution is -0.132.